The van der Waals surface area contributed by atoms with Gasteiger partial charge in [-0.05, 0) is 24.3 Å². The van der Waals surface area contributed by atoms with E-state index in [-0.39, 0.29) is 40.8 Å². The smallest absolute Gasteiger partial charge is 0.310 e. The van der Waals surface area contributed by atoms with Gasteiger partial charge in [0, 0.05) is 44.9 Å². The van der Waals surface area contributed by atoms with E-state index in [1.165, 1.54) is 47.8 Å². The lowest BCUT2D eigenvalue weighted by Gasteiger charge is -2.33. The van der Waals surface area contributed by atoms with Gasteiger partial charge in [0.25, 0.3) is 5.91 Å². The maximum absolute atomic E-state index is 12.9. The van der Waals surface area contributed by atoms with Gasteiger partial charge in [-0.15, -0.1) is 0 Å². The van der Waals surface area contributed by atoms with Crippen LogP contribution in [0.4, 0.5) is 11.4 Å². The maximum atomic E-state index is 12.9. The van der Waals surface area contributed by atoms with E-state index < -0.39 is 20.9 Å². The molecular formula is C18H19N5O6S. The van der Waals surface area contributed by atoms with Crippen molar-refractivity contribution in [3.8, 4) is 0 Å². The molecule has 1 saturated heterocycles. The molecule has 0 aliphatic carbocycles. The Labute approximate surface area is 172 Å². The van der Waals surface area contributed by atoms with Gasteiger partial charge in [-0.1, -0.05) is 6.07 Å². The number of nitro groups is 1. The van der Waals surface area contributed by atoms with E-state index in [4.69, 9.17) is 0 Å². The Hall–Kier alpha value is -3.38. The Morgan fingerprint density at radius 3 is 2.50 bits per heavy atom. The zero-order valence-corrected chi connectivity index (χ0v) is 16.8. The lowest BCUT2D eigenvalue weighted by molar-refractivity contribution is -0.384. The van der Waals surface area contributed by atoms with Crippen molar-refractivity contribution in [3.05, 3.63) is 58.4 Å². The van der Waals surface area contributed by atoms with Crippen LogP contribution in [-0.4, -0.2) is 65.5 Å². The van der Waals surface area contributed by atoms with Gasteiger partial charge in [-0.2, -0.15) is 4.31 Å². The van der Waals surface area contributed by atoms with Crippen LogP contribution in [0.5, 0.6) is 0 Å². The van der Waals surface area contributed by atoms with Gasteiger partial charge in [0.1, 0.15) is 11.9 Å². The molecule has 30 heavy (non-hydrogen) atoms. The minimum absolute atomic E-state index is 0.0320. The topological polar surface area (TPSA) is 143 Å². The summed E-state index contributed by atoms with van der Waals surface area (Å²) in [6.45, 7) is 2.32. The van der Waals surface area contributed by atoms with Crippen LogP contribution in [0.25, 0.3) is 0 Å². The van der Waals surface area contributed by atoms with E-state index in [2.05, 4.69) is 10.3 Å². The molecule has 11 nitrogen and oxygen atoms in total. The predicted octanol–water partition coefficient (Wildman–Crippen LogP) is 1.09. The number of sulfonamides is 1. The number of carbonyl (C=O) groups is 2. The number of piperazine rings is 1. The number of pyridine rings is 1. The molecule has 12 heteroatoms. The standard InChI is InChI=1S/C18H19N5O6S/c1-13(24)21-7-9-22(10-8-21)30(28,29)15-4-2-3-14(11-15)18(25)20-16-5-6-19-12-17(16)23(26)27/h2-6,11-12H,7-10H2,1H3,(H,19,20,25). The van der Waals surface area contributed by atoms with Crippen LogP contribution >= 0.6 is 0 Å². The first kappa shape index (κ1) is 21.3. The number of aromatic nitrogens is 1. The van der Waals surface area contributed by atoms with Crippen molar-refractivity contribution in [1.82, 2.24) is 14.2 Å². The average Bonchev–Trinajstić information content (AvgIpc) is 2.74. The molecule has 0 radical (unpaired) electrons. The molecule has 1 aromatic heterocycles. The summed E-state index contributed by atoms with van der Waals surface area (Å²) in [5.74, 6) is -0.807. The van der Waals surface area contributed by atoms with Crippen molar-refractivity contribution in [2.75, 3.05) is 31.5 Å². The summed E-state index contributed by atoms with van der Waals surface area (Å²) >= 11 is 0. The summed E-state index contributed by atoms with van der Waals surface area (Å²) in [6, 6.07) is 6.71. The van der Waals surface area contributed by atoms with E-state index in [0.29, 0.717) is 13.1 Å². The number of hydrogen-bond donors (Lipinski definition) is 1. The SMILES string of the molecule is CC(=O)N1CCN(S(=O)(=O)c2cccc(C(=O)Nc3ccncc3[N+](=O)[O-])c2)CC1. The first-order chi connectivity index (χ1) is 14.2. The van der Waals surface area contributed by atoms with Gasteiger partial charge >= 0.3 is 5.69 Å². The third kappa shape index (κ3) is 4.44. The second kappa shape index (κ2) is 8.55. The Morgan fingerprint density at radius 1 is 1.17 bits per heavy atom. The summed E-state index contributed by atoms with van der Waals surface area (Å²) in [5, 5.41) is 13.5. The van der Waals surface area contributed by atoms with Crippen LogP contribution in [0.1, 0.15) is 17.3 Å². The minimum Gasteiger partial charge on any atom is -0.340 e. The molecule has 1 aromatic carbocycles. The average molecular weight is 433 g/mol. The highest BCUT2D eigenvalue weighted by atomic mass is 32.2. The van der Waals surface area contributed by atoms with Gasteiger partial charge in [-0.3, -0.25) is 24.7 Å². The lowest BCUT2D eigenvalue weighted by atomic mass is 10.2. The largest absolute Gasteiger partial charge is 0.340 e. The molecule has 1 N–H and O–H groups in total. The Balaban J connectivity index is 1.80. The molecule has 2 aromatic rings. The van der Waals surface area contributed by atoms with Crippen molar-refractivity contribution in [2.24, 2.45) is 0 Å². The van der Waals surface area contributed by atoms with E-state index in [1.807, 2.05) is 0 Å². The third-order valence-corrected chi connectivity index (χ3v) is 6.56. The Kier molecular flexibility index (Phi) is 6.08. The molecule has 0 saturated carbocycles. The summed E-state index contributed by atoms with van der Waals surface area (Å²) in [4.78, 5) is 39.5. The lowest BCUT2D eigenvalue weighted by Crippen LogP contribution is -2.49. The molecule has 2 heterocycles. The molecule has 1 aliphatic heterocycles. The monoisotopic (exact) mass is 433 g/mol. The molecule has 1 fully saturated rings. The van der Waals surface area contributed by atoms with Gasteiger partial charge in [0.2, 0.25) is 15.9 Å². The van der Waals surface area contributed by atoms with Crippen LogP contribution in [0.2, 0.25) is 0 Å². The zero-order chi connectivity index (χ0) is 21.9. The van der Waals surface area contributed by atoms with Crippen LogP contribution in [0, 0.1) is 10.1 Å². The fourth-order valence-electron chi connectivity index (χ4n) is 3.02. The summed E-state index contributed by atoms with van der Waals surface area (Å²) in [7, 11) is -3.86. The number of benzene rings is 1. The molecule has 0 bridgehead atoms. The van der Waals surface area contributed by atoms with Crippen molar-refractivity contribution < 1.29 is 22.9 Å². The summed E-state index contributed by atoms with van der Waals surface area (Å²) in [5.41, 5.74) is -0.392. The van der Waals surface area contributed by atoms with E-state index in [1.54, 1.807) is 4.90 Å². The van der Waals surface area contributed by atoms with Crippen molar-refractivity contribution >= 4 is 33.2 Å². The van der Waals surface area contributed by atoms with Crippen molar-refractivity contribution in [3.63, 3.8) is 0 Å². The molecule has 3 rings (SSSR count). The van der Waals surface area contributed by atoms with Crippen LogP contribution < -0.4 is 5.32 Å². The number of anilines is 1. The second-order valence-corrected chi connectivity index (χ2v) is 8.48. The Morgan fingerprint density at radius 2 is 1.87 bits per heavy atom. The number of nitrogens with one attached hydrogen (secondary N) is 1. The zero-order valence-electron chi connectivity index (χ0n) is 16.0. The van der Waals surface area contributed by atoms with Gasteiger partial charge in [0.15, 0.2) is 0 Å². The molecule has 0 atom stereocenters. The van der Waals surface area contributed by atoms with E-state index in [9.17, 15) is 28.1 Å². The first-order valence-electron chi connectivity index (χ1n) is 8.95. The van der Waals surface area contributed by atoms with Gasteiger partial charge in [-0.25, -0.2) is 8.42 Å². The third-order valence-electron chi connectivity index (χ3n) is 4.66. The highest BCUT2D eigenvalue weighted by Gasteiger charge is 2.29. The maximum Gasteiger partial charge on any atom is 0.310 e. The normalized spacial score (nSPS) is 14.9. The van der Waals surface area contributed by atoms with Crippen LogP contribution in [-0.2, 0) is 14.8 Å². The second-order valence-electron chi connectivity index (χ2n) is 6.54. The highest BCUT2D eigenvalue weighted by Crippen LogP contribution is 2.24. The first-order valence-corrected chi connectivity index (χ1v) is 10.4. The number of nitrogens with zero attached hydrogens (tertiary/aromatic N) is 4. The van der Waals surface area contributed by atoms with Gasteiger partial charge < -0.3 is 10.2 Å². The highest BCUT2D eigenvalue weighted by molar-refractivity contribution is 7.89. The number of carbonyl (C=O) groups excluding carboxylic acids is 2. The molecule has 0 spiro atoms. The molecule has 0 unspecified atom stereocenters. The summed E-state index contributed by atoms with van der Waals surface area (Å²) in [6.07, 6.45) is 2.31. The fourth-order valence-corrected chi connectivity index (χ4v) is 4.49. The quantitative estimate of drug-likeness (QED) is 0.549. The van der Waals surface area contributed by atoms with Crippen LogP contribution in [0.3, 0.4) is 0 Å². The van der Waals surface area contributed by atoms with E-state index >= 15 is 0 Å². The van der Waals surface area contributed by atoms with E-state index in [0.717, 1.165) is 6.20 Å². The molecule has 158 valence electrons. The molecule has 1 aliphatic rings. The number of rotatable bonds is 5. The fraction of sp³-hybridized carbons (Fsp3) is 0.278. The number of hydrogen-bond acceptors (Lipinski definition) is 7. The Bertz CT molecular complexity index is 1100. The summed E-state index contributed by atoms with van der Waals surface area (Å²) < 4.78 is 27.1. The van der Waals surface area contributed by atoms with Gasteiger partial charge in [0.05, 0.1) is 9.82 Å². The molecule has 2 amide bonds. The van der Waals surface area contributed by atoms with Crippen LogP contribution in [0.15, 0.2) is 47.6 Å². The minimum atomic E-state index is -3.86. The van der Waals surface area contributed by atoms with Crippen molar-refractivity contribution in [1.29, 1.82) is 0 Å². The van der Waals surface area contributed by atoms with Crippen molar-refractivity contribution in [2.45, 2.75) is 11.8 Å². The predicted molar refractivity (Wildman–Crippen MR) is 106 cm³/mol. The number of amides is 2. The molecular weight excluding hydrogens is 414 g/mol.